The minimum atomic E-state index is -0.285. The summed E-state index contributed by atoms with van der Waals surface area (Å²) in [6, 6.07) is 0. The molecule has 3 heteroatoms. The molecule has 0 saturated heterocycles. The van der Waals surface area contributed by atoms with E-state index >= 15 is 0 Å². The standard InChI is InChI=1S/C7H9IO.Na/c1-2-4-6-8-9-7-5-3-1;/h1-6,8H,7H2;. The summed E-state index contributed by atoms with van der Waals surface area (Å²) >= 11 is -0.285. The molecule has 51 valence electrons. The van der Waals surface area contributed by atoms with Crippen molar-refractivity contribution in [3.63, 3.8) is 0 Å². The smallest absolute Gasteiger partial charge is 0 e. The average molecular weight is 259 g/mol. The minimum Gasteiger partial charge on any atom is 0 e. The van der Waals surface area contributed by atoms with Gasteiger partial charge in [0.2, 0.25) is 0 Å². The summed E-state index contributed by atoms with van der Waals surface area (Å²) in [4.78, 5) is 0. The summed E-state index contributed by atoms with van der Waals surface area (Å²) in [5.74, 6) is 0. The molecule has 0 bridgehead atoms. The molecule has 1 nitrogen and oxygen atoms in total. The maximum absolute atomic E-state index is 5.27. The average Bonchev–Trinajstić information content (AvgIpc) is 2.00. The van der Waals surface area contributed by atoms with Crippen LogP contribution in [0.15, 0.2) is 34.5 Å². The third-order valence-electron chi connectivity index (χ3n) is 0.836. The zero-order valence-electron chi connectivity index (χ0n) is 5.99. The van der Waals surface area contributed by atoms with E-state index in [1.807, 2.05) is 30.4 Å². The second-order valence-electron chi connectivity index (χ2n) is 1.52. The molecule has 1 aliphatic rings. The third kappa shape index (κ3) is 5.68. The van der Waals surface area contributed by atoms with Crippen molar-refractivity contribution in [3.8, 4) is 0 Å². The van der Waals surface area contributed by atoms with Crippen LogP contribution in [0, 0.1) is 0 Å². The van der Waals surface area contributed by atoms with Gasteiger partial charge in [0.05, 0.1) is 0 Å². The molecular formula is C7H9INaO. The second kappa shape index (κ2) is 8.01. The molecule has 0 aromatic heterocycles. The Labute approximate surface area is 94.3 Å². The first-order valence-corrected chi connectivity index (χ1v) is 5.06. The normalized spacial score (nSPS) is 17.6. The Morgan fingerprint density at radius 1 is 1.10 bits per heavy atom. The van der Waals surface area contributed by atoms with E-state index in [0.29, 0.717) is 0 Å². The molecule has 0 aliphatic carbocycles. The summed E-state index contributed by atoms with van der Waals surface area (Å²) in [7, 11) is 0. The number of halogens is 1. The van der Waals surface area contributed by atoms with Gasteiger partial charge in [-0.2, -0.15) is 0 Å². The quantitative estimate of drug-likeness (QED) is 0.476. The van der Waals surface area contributed by atoms with Crippen LogP contribution >= 0.6 is 21.6 Å². The molecule has 0 amide bonds. The van der Waals surface area contributed by atoms with Crippen LogP contribution in [0.25, 0.3) is 0 Å². The zero-order valence-corrected chi connectivity index (χ0v) is 10.3. The van der Waals surface area contributed by atoms with Gasteiger partial charge in [0.15, 0.2) is 0 Å². The molecule has 1 rings (SSSR count). The predicted octanol–water partition coefficient (Wildman–Crippen LogP) is 1.88. The third-order valence-corrected chi connectivity index (χ3v) is 2.38. The minimum absolute atomic E-state index is 0. The van der Waals surface area contributed by atoms with E-state index in [-0.39, 0.29) is 51.2 Å². The van der Waals surface area contributed by atoms with Gasteiger partial charge in [0.25, 0.3) is 0 Å². The van der Waals surface area contributed by atoms with Gasteiger partial charge < -0.3 is 0 Å². The summed E-state index contributed by atoms with van der Waals surface area (Å²) < 4.78 is 7.39. The molecule has 0 aromatic carbocycles. The van der Waals surface area contributed by atoms with Crippen molar-refractivity contribution in [1.82, 2.24) is 0 Å². The Balaban J connectivity index is 0.000000810. The molecule has 0 atom stereocenters. The van der Waals surface area contributed by atoms with Crippen molar-refractivity contribution in [2.75, 3.05) is 6.61 Å². The van der Waals surface area contributed by atoms with Gasteiger partial charge in [-0.25, -0.2) is 0 Å². The number of allylic oxidation sites excluding steroid dienone is 4. The van der Waals surface area contributed by atoms with E-state index in [0.717, 1.165) is 6.61 Å². The van der Waals surface area contributed by atoms with Crippen molar-refractivity contribution in [3.05, 3.63) is 34.5 Å². The Morgan fingerprint density at radius 2 is 1.90 bits per heavy atom. The Bertz CT molecular complexity index is 136. The molecule has 0 saturated carbocycles. The zero-order chi connectivity index (χ0) is 6.36. The second-order valence-corrected chi connectivity index (χ2v) is 3.52. The first kappa shape index (κ1) is 10.9. The SMILES string of the molecule is C1=CC=C[IH]OCC=C1.[Na]. The van der Waals surface area contributed by atoms with E-state index in [9.17, 15) is 0 Å². The van der Waals surface area contributed by atoms with Gasteiger partial charge in [-0.05, 0) is 0 Å². The van der Waals surface area contributed by atoms with Gasteiger partial charge in [-0.15, -0.1) is 0 Å². The molecule has 0 unspecified atom stereocenters. The molecule has 0 fully saturated rings. The maximum Gasteiger partial charge on any atom is 0 e. The monoisotopic (exact) mass is 259 g/mol. The summed E-state index contributed by atoms with van der Waals surface area (Å²) in [6.45, 7) is 0.775. The number of hydrogen-bond acceptors (Lipinski definition) is 1. The van der Waals surface area contributed by atoms with Crippen LogP contribution in [-0.4, -0.2) is 36.2 Å². The van der Waals surface area contributed by atoms with Crippen LogP contribution in [-0.2, 0) is 3.07 Å². The molecule has 0 N–H and O–H groups in total. The van der Waals surface area contributed by atoms with Crippen molar-refractivity contribution >= 4 is 51.2 Å². The fourth-order valence-electron chi connectivity index (χ4n) is 0.458. The molecular weight excluding hydrogens is 250 g/mol. The van der Waals surface area contributed by atoms with Crippen molar-refractivity contribution in [2.45, 2.75) is 0 Å². The molecule has 10 heavy (non-hydrogen) atoms. The van der Waals surface area contributed by atoms with E-state index in [1.165, 1.54) is 0 Å². The molecule has 0 aromatic rings. The largest absolute Gasteiger partial charge is 0 e. The molecule has 0 spiro atoms. The van der Waals surface area contributed by atoms with E-state index < -0.39 is 0 Å². The first-order valence-electron chi connectivity index (χ1n) is 2.77. The van der Waals surface area contributed by atoms with Gasteiger partial charge >= 0.3 is 65.8 Å². The topological polar surface area (TPSA) is 9.23 Å². The summed E-state index contributed by atoms with van der Waals surface area (Å²) in [5.41, 5.74) is 0. The van der Waals surface area contributed by atoms with Crippen molar-refractivity contribution in [1.29, 1.82) is 0 Å². The summed E-state index contributed by atoms with van der Waals surface area (Å²) in [5, 5.41) is 0. The molecule has 1 radical (unpaired) electrons. The number of hydrogen-bond donors (Lipinski definition) is 0. The Hall–Kier alpha value is 0.910. The van der Waals surface area contributed by atoms with Crippen LogP contribution in [0.1, 0.15) is 0 Å². The first-order chi connectivity index (χ1) is 4.50. The number of rotatable bonds is 0. The molecule has 1 aliphatic heterocycles. The van der Waals surface area contributed by atoms with Gasteiger partial charge in [-0.1, -0.05) is 0 Å². The van der Waals surface area contributed by atoms with Crippen molar-refractivity contribution in [2.24, 2.45) is 0 Å². The van der Waals surface area contributed by atoms with E-state index in [1.54, 1.807) is 0 Å². The summed E-state index contributed by atoms with van der Waals surface area (Å²) in [6.07, 6.45) is 10.1. The van der Waals surface area contributed by atoms with Crippen molar-refractivity contribution < 1.29 is 3.07 Å². The van der Waals surface area contributed by atoms with E-state index in [4.69, 9.17) is 3.07 Å². The van der Waals surface area contributed by atoms with Gasteiger partial charge in [0, 0.05) is 29.6 Å². The Kier molecular flexibility index (Phi) is 8.74. The maximum atomic E-state index is 5.27. The Morgan fingerprint density at radius 3 is 2.80 bits per heavy atom. The van der Waals surface area contributed by atoms with Crippen LogP contribution in [0.4, 0.5) is 0 Å². The van der Waals surface area contributed by atoms with Crippen LogP contribution in [0.3, 0.4) is 0 Å². The fraction of sp³-hybridized carbons (Fsp3) is 0.143. The van der Waals surface area contributed by atoms with Gasteiger partial charge in [0.1, 0.15) is 0 Å². The van der Waals surface area contributed by atoms with Gasteiger partial charge in [-0.3, -0.25) is 0 Å². The molecule has 1 heterocycles. The van der Waals surface area contributed by atoms with Crippen LogP contribution in [0.2, 0.25) is 0 Å². The van der Waals surface area contributed by atoms with E-state index in [2.05, 4.69) is 4.08 Å². The van der Waals surface area contributed by atoms with Crippen LogP contribution in [0.5, 0.6) is 0 Å². The predicted molar refractivity (Wildman–Crippen MR) is 54.5 cm³/mol. The van der Waals surface area contributed by atoms with Crippen LogP contribution < -0.4 is 0 Å². The fourth-order valence-corrected chi connectivity index (χ4v) is 1.57.